The summed E-state index contributed by atoms with van der Waals surface area (Å²) in [6, 6.07) is 8.49. The minimum atomic E-state index is -3.66. The number of carbonyl (C=O) groups is 1. The zero-order valence-corrected chi connectivity index (χ0v) is 17.7. The van der Waals surface area contributed by atoms with E-state index in [4.69, 9.17) is 16.3 Å². The number of anilines is 1. The van der Waals surface area contributed by atoms with Crippen molar-refractivity contribution in [3.8, 4) is 0 Å². The second-order valence-corrected chi connectivity index (χ2v) is 8.93. The van der Waals surface area contributed by atoms with Crippen molar-refractivity contribution in [3.63, 3.8) is 0 Å². The van der Waals surface area contributed by atoms with Crippen LogP contribution in [0.1, 0.15) is 22.3 Å². The molecule has 2 aromatic carbocycles. The molecule has 0 unspecified atom stereocenters. The van der Waals surface area contributed by atoms with Gasteiger partial charge in [-0.25, -0.2) is 12.8 Å². The lowest BCUT2D eigenvalue weighted by molar-refractivity contribution is 0.102. The first kappa shape index (κ1) is 22.7. The van der Waals surface area contributed by atoms with Crippen LogP contribution >= 0.6 is 25.1 Å². The van der Waals surface area contributed by atoms with Crippen molar-refractivity contribution in [2.24, 2.45) is 5.92 Å². The molecule has 0 saturated carbocycles. The first-order valence-electron chi connectivity index (χ1n) is 8.44. The van der Waals surface area contributed by atoms with Gasteiger partial charge < -0.3 is 10.1 Å². The zero-order valence-electron chi connectivity index (χ0n) is 15.2. The molecular formula is C19H21ClFNO4S2. The van der Waals surface area contributed by atoms with Gasteiger partial charge >= 0.3 is 0 Å². The molecule has 1 aliphatic rings. The van der Waals surface area contributed by atoms with E-state index in [-0.39, 0.29) is 46.5 Å². The van der Waals surface area contributed by atoms with E-state index in [1.165, 1.54) is 36.4 Å². The normalized spacial score (nSPS) is 16.5. The second kappa shape index (κ2) is 9.26. The fraction of sp³-hybridized carbons (Fsp3) is 0.316. The average molecular weight is 446 g/mol. The van der Waals surface area contributed by atoms with Gasteiger partial charge in [-0.3, -0.25) is 4.79 Å². The Hall–Kier alpha value is -1.61. The summed E-state index contributed by atoms with van der Waals surface area (Å²) in [6.07, 6.45) is 0.681. The topological polar surface area (TPSA) is 72.5 Å². The van der Waals surface area contributed by atoms with Crippen LogP contribution in [0.15, 0.2) is 41.3 Å². The third kappa shape index (κ3) is 5.05. The van der Waals surface area contributed by atoms with Gasteiger partial charge in [-0.15, -0.1) is 0 Å². The number of halogens is 2. The summed E-state index contributed by atoms with van der Waals surface area (Å²) >= 11 is 6.27. The SMILES string of the molecule is Cc1cc(NC(=O)c2cccc(S(=O)(=O)C[C@H]3CCOC3)c2Cl)ccc1F.S. The average Bonchev–Trinajstić information content (AvgIpc) is 3.10. The van der Waals surface area contributed by atoms with Crippen LogP contribution < -0.4 is 5.32 Å². The molecule has 0 spiro atoms. The molecule has 1 fully saturated rings. The molecule has 28 heavy (non-hydrogen) atoms. The molecule has 0 bridgehead atoms. The highest BCUT2D eigenvalue weighted by Crippen LogP contribution is 2.29. The number of aryl methyl sites for hydroxylation is 1. The molecule has 1 aliphatic heterocycles. The van der Waals surface area contributed by atoms with Gasteiger partial charge in [0.25, 0.3) is 5.91 Å². The predicted octanol–water partition coefficient (Wildman–Crippen LogP) is 3.96. The summed E-state index contributed by atoms with van der Waals surface area (Å²) in [5.74, 6) is -1.09. The molecule has 0 aromatic heterocycles. The van der Waals surface area contributed by atoms with Gasteiger partial charge in [-0.1, -0.05) is 17.7 Å². The van der Waals surface area contributed by atoms with E-state index < -0.39 is 15.7 Å². The lowest BCUT2D eigenvalue weighted by atomic mass is 10.1. The molecule has 3 rings (SSSR count). The first-order chi connectivity index (χ1) is 12.8. The fourth-order valence-electron chi connectivity index (χ4n) is 2.96. The maximum atomic E-state index is 13.4. The highest BCUT2D eigenvalue weighted by Gasteiger charge is 2.28. The Morgan fingerprint density at radius 3 is 2.71 bits per heavy atom. The van der Waals surface area contributed by atoms with Gasteiger partial charge in [0.05, 0.1) is 27.8 Å². The summed E-state index contributed by atoms with van der Waals surface area (Å²) < 4.78 is 44.0. The van der Waals surface area contributed by atoms with Crippen molar-refractivity contribution in [2.75, 3.05) is 24.3 Å². The van der Waals surface area contributed by atoms with E-state index in [9.17, 15) is 17.6 Å². The number of benzene rings is 2. The summed E-state index contributed by atoms with van der Waals surface area (Å²) in [6.45, 7) is 2.53. The van der Waals surface area contributed by atoms with Crippen LogP contribution in [-0.2, 0) is 14.6 Å². The zero-order chi connectivity index (χ0) is 19.6. The molecule has 1 N–H and O–H groups in total. The fourth-order valence-corrected chi connectivity index (χ4v) is 5.26. The minimum absolute atomic E-state index is 0. The van der Waals surface area contributed by atoms with Crippen molar-refractivity contribution >= 4 is 46.5 Å². The number of hydrogen-bond acceptors (Lipinski definition) is 4. The van der Waals surface area contributed by atoms with Crippen molar-refractivity contribution < 1.29 is 22.3 Å². The largest absolute Gasteiger partial charge is 0.381 e. The third-order valence-corrected chi connectivity index (χ3v) is 6.88. The molecular weight excluding hydrogens is 425 g/mol. The van der Waals surface area contributed by atoms with Crippen LogP contribution in [0.5, 0.6) is 0 Å². The highest BCUT2D eigenvalue weighted by atomic mass is 35.5. The molecule has 1 atom stereocenters. The number of hydrogen-bond donors (Lipinski definition) is 1. The van der Waals surface area contributed by atoms with Crippen molar-refractivity contribution in [2.45, 2.75) is 18.2 Å². The van der Waals surface area contributed by atoms with Crippen LogP contribution in [0, 0.1) is 18.7 Å². The number of ether oxygens (including phenoxy) is 1. The van der Waals surface area contributed by atoms with Crippen molar-refractivity contribution in [3.05, 3.63) is 58.4 Å². The van der Waals surface area contributed by atoms with E-state index in [0.717, 1.165) is 0 Å². The smallest absolute Gasteiger partial charge is 0.257 e. The van der Waals surface area contributed by atoms with Crippen LogP contribution in [0.25, 0.3) is 0 Å². The Labute approximate surface area is 175 Å². The van der Waals surface area contributed by atoms with E-state index in [1.807, 2.05) is 0 Å². The second-order valence-electron chi connectivity index (χ2n) is 6.55. The molecule has 1 saturated heterocycles. The van der Waals surface area contributed by atoms with Crippen molar-refractivity contribution in [1.29, 1.82) is 0 Å². The van der Waals surface area contributed by atoms with Crippen LogP contribution in [0.3, 0.4) is 0 Å². The van der Waals surface area contributed by atoms with E-state index in [0.29, 0.717) is 30.9 Å². The lowest BCUT2D eigenvalue weighted by Gasteiger charge is -2.13. The number of rotatable bonds is 5. The molecule has 0 aliphatic carbocycles. The first-order valence-corrected chi connectivity index (χ1v) is 10.5. The number of amides is 1. The van der Waals surface area contributed by atoms with Gasteiger partial charge in [0.1, 0.15) is 5.82 Å². The van der Waals surface area contributed by atoms with Gasteiger partial charge in [0.15, 0.2) is 9.84 Å². The van der Waals surface area contributed by atoms with Crippen LogP contribution in [0.4, 0.5) is 10.1 Å². The quantitative estimate of drug-likeness (QED) is 0.756. The van der Waals surface area contributed by atoms with E-state index in [1.54, 1.807) is 6.92 Å². The maximum absolute atomic E-state index is 13.4. The summed E-state index contributed by atoms with van der Waals surface area (Å²) in [7, 11) is -3.66. The number of carbonyl (C=O) groups excluding carboxylic acids is 1. The predicted molar refractivity (Wildman–Crippen MR) is 112 cm³/mol. The third-order valence-electron chi connectivity index (χ3n) is 4.44. The monoisotopic (exact) mass is 445 g/mol. The summed E-state index contributed by atoms with van der Waals surface area (Å²) in [5.41, 5.74) is 0.822. The maximum Gasteiger partial charge on any atom is 0.257 e. The lowest BCUT2D eigenvalue weighted by Crippen LogP contribution is -2.18. The molecule has 152 valence electrons. The molecule has 9 heteroatoms. The standard InChI is InChI=1S/C19H19ClFNO4S.H2S/c1-12-9-14(5-6-16(12)21)22-19(23)15-3-2-4-17(18(15)20)27(24,25)11-13-7-8-26-10-13;/h2-6,9,13H,7-8,10-11H2,1H3,(H,22,23);1H2/t13-;/m0./s1. The number of nitrogens with one attached hydrogen (secondary N) is 1. The van der Waals surface area contributed by atoms with Gasteiger partial charge in [0, 0.05) is 12.3 Å². The Bertz CT molecular complexity index is 976. The van der Waals surface area contributed by atoms with Gasteiger partial charge in [0.2, 0.25) is 0 Å². The molecule has 1 heterocycles. The van der Waals surface area contributed by atoms with E-state index in [2.05, 4.69) is 5.32 Å². The van der Waals surface area contributed by atoms with Crippen LogP contribution in [0.2, 0.25) is 5.02 Å². The van der Waals surface area contributed by atoms with Crippen LogP contribution in [-0.4, -0.2) is 33.3 Å². The number of sulfone groups is 1. The Balaban J connectivity index is 0.00000280. The summed E-state index contributed by atoms with van der Waals surface area (Å²) in [5, 5.41) is 2.50. The molecule has 0 radical (unpaired) electrons. The minimum Gasteiger partial charge on any atom is -0.381 e. The highest BCUT2D eigenvalue weighted by molar-refractivity contribution is 7.91. The van der Waals surface area contributed by atoms with Gasteiger partial charge in [-0.05, 0) is 55.2 Å². The Morgan fingerprint density at radius 2 is 2.07 bits per heavy atom. The molecule has 5 nitrogen and oxygen atoms in total. The Morgan fingerprint density at radius 1 is 1.32 bits per heavy atom. The molecule has 1 amide bonds. The van der Waals surface area contributed by atoms with Gasteiger partial charge in [-0.2, -0.15) is 13.5 Å². The van der Waals surface area contributed by atoms with Crippen molar-refractivity contribution in [1.82, 2.24) is 0 Å². The van der Waals surface area contributed by atoms with E-state index >= 15 is 0 Å². The molecule has 2 aromatic rings. The Kier molecular flexibility index (Phi) is 7.50. The summed E-state index contributed by atoms with van der Waals surface area (Å²) in [4.78, 5) is 12.5.